The van der Waals surface area contributed by atoms with Crippen LogP contribution in [0.4, 0.5) is 0 Å². The minimum absolute atomic E-state index is 0.229. The molecule has 2 heterocycles. The lowest BCUT2D eigenvalue weighted by atomic mass is 9.90. The zero-order chi connectivity index (χ0) is 13.3. The normalized spacial score (nSPS) is 11.3. The third-order valence-corrected chi connectivity index (χ3v) is 2.91. The Bertz CT molecular complexity index is 602. The van der Waals surface area contributed by atoms with E-state index in [1.807, 2.05) is 20.8 Å². The van der Waals surface area contributed by atoms with Crippen LogP contribution in [-0.2, 0) is 5.41 Å². The van der Waals surface area contributed by atoms with Crippen molar-refractivity contribution < 1.29 is 0 Å². The van der Waals surface area contributed by atoms with E-state index in [4.69, 9.17) is 11.6 Å². The molecule has 0 aliphatic heterocycles. The third-order valence-electron chi connectivity index (χ3n) is 2.56. The van der Waals surface area contributed by atoms with Gasteiger partial charge in [-0.1, -0.05) is 32.4 Å². The van der Waals surface area contributed by atoms with Gasteiger partial charge in [-0.15, -0.1) is 0 Å². The minimum Gasteiger partial charge on any atom is -0.265 e. The van der Waals surface area contributed by atoms with Gasteiger partial charge < -0.3 is 0 Å². The Hall–Kier alpha value is -1.86. The second kappa shape index (κ2) is 4.43. The Morgan fingerprint density at radius 3 is 2.33 bits per heavy atom. The van der Waals surface area contributed by atoms with Crippen LogP contribution >= 0.6 is 11.6 Å². The Labute approximate surface area is 111 Å². The van der Waals surface area contributed by atoms with Crippen LogP contribution in [0.1, 0.15) is 32.0 Å². The van der Waals surface area contributed by atoms with Gasteiger partial charge >= 0.3 is 0 Å². The highest BCUT2D eigenvalue weighted by Crippen LogP contribution is 2.30. The molecule has 4 nitrogen and oxygen atoms in total. The predicted octanol–water partition coefficient (Wildman–Crippen LogP) is 3.09. The van der Waals surface area contributed by atoms with Gasteiger partial charge in [0.25, 0.3) is 0 Å². The van der Waals surface area contributed by atoms with Gasteiger partial charge in [-0.05, 0) is 12.1 Å². The number of pyridine rings is 1. The lowest BCUT2D eigenvalue weighted by molar-refractivity contribution is 0.559. The third kappa shape index (κ3) is 2.09. The Morgan fingerprint density at radius 2 is 1.89 bits per heavy atom. The summed E-state index contributed by atoms with van der Waals surface area (Å²) in [6, 6.07) is 5.73. The molecule has 0 spiro atoms. The molecule has 0 atom stereocenters. The minimum atomic E-state index is -0.229. The van der Waals surface area contributed by atoms with Gasteiger partial charge in [-0.3, -0.25) is 4.98 Å². The Kier molecular flexibility index (Phi) is 3.10. The van der Waals surface area contributed by atoms with E-state index >= 15 is 0 Å². The molecule has 18 heavy (non-hydrogen) atoms. The second-order valence-electron chi connectivity index (χ2n) is 4.99. The molecule has 5 heteroatoms. The number of nitriles is 1. The average Bonchev–Trinajstić information content (AvgIpc) is 2.67. The molecular weight excluding hydrogens is 248 g/mol. The number of halogens is 1. The molecule has 0 N–H and O–H groups in total. The largest absolute Gasteiger partial charge is 0.265 e. The molecule has 0 unspecified atom stereocenters. The van der Waals surface area contributed by atoms with Crippen molar-refractivity contribution in [2.45, 2.75) is 26.2 Å². The standard InChI is InChI=1S/C13H13ClN4/c1-13(2,3)11-10(8-15)12(14)18(17-11)9-4-6-16-7-5-9/h4-7H,1-3H3. The van der Waals surface area contributed by atoms with Gasteiger partial charge in [0, 0.05) is 17.8 Å². The van der Waals surface area contributed by atoms with Crippen molar-refractivity contribution in [2.75, 3.05) is 0 Å². The lowest BCUT2D eigenvalue weighted by Gasteiger charge is -2.15. The fourth-order valence-electron chi connectivity index (χ4n) is 1.68. The monoisotopic (exact) mass is 260 g/mol. The van der Waals surface area contributed by atoms with Gasteiger partial charge in [-0.2, -0.15) is 10.4 Å². The van der Waals surface area contributed by atoms with Crippen molar-refractivity contribution in [3.8, 4) is 11.8 Å². The molecule has 0 fully saturated rings. The van der Waals surface area contributed by atoms with Gasteiger partial charge in [0.1, 0.15) is 11.6 Å². The Morgan fingerprint density at radius 1 is 1.28 bits per heavy atom. The van der Waals surface area contributed by atoms with Gasteiger partial charge in [-0.25, -0.2) is 4.68 Å². The maximum absolute atomic E-state index is 9.22. The number of rotatable bonds is 1. The fourth-order valence-corrected chi connectivity index (χ4v) is 1.95. The van der Waals surface area contributed by atoms with E-state index in [1.54, 1.807) is 29.2 Å². The van der Waals surface area contributed by atoms with Crippen LogP contribution in [-0.4, -0.2) is 14.8 Å². The summed E-state index contributed by atoms with van der Waals surface area (Å²) in [6.07, 6.45) is 3.33. The van der Waals surface area contributed by atoms with Crippen LogP contribution in [0.2, 0.25) is 5.15 Å². The summed E-state index contributed by atoms with van der Waals surface area (Å²) < 4.78 is 1.57. The maximum Gasteiger partial charge on any atom is 0.150 e. The maximum atomic E-state index is 9.22. The van der Waals surface area contributed by atoms with Gasteiger partial charge in [0.2, 0.25) is 0 Å². The molecule has 92 valence electrons. The van der Waals surface area contributed by atoms with E-state index in [2.05, 4.69) is 16.2 Å². The van der Waals surface area contributed by atoms with Crippen LogP contribution < -0.4 is 0 Å². The molecule has 0 aromatic carbocycles. The summed E-state index contributed by atoms with van der Waals surface area (Å²) in [5, 5.41) is 14.0. The smallest absolute Gasteiger partial charge is 0.150 e. The van der Waals surface area contributed by atoms with Crippen molar-refractivity contribution in [3.63, 3.8) is 0 Å². The van der Waals surface area contributed by atoms with Crippen LogP contribution in [0.25, 0.3) is 5.69 Å². The Balaban J connectivity index is 2.66. The molecular formula is C13H13ClN4. The van der Waals surface area contributed by atoms with E-state index in [-0.39, 0.29) is 5.41 Å². The summed E-state index contributed by atoms with van der Waals surface area (Å²) in [7, 11) is 0. The number of hydrogen-bond acceptors (Lipinski definition) is 3. The molecule has 0 aliphatic carbocycles. The molecule has 2 rings (SSSR count). The predicted molar refractivity (Wildman–Crippen MR) is 69.8 cm³/mol. The topological polar surface area (TPSA) is 54.5 Å². The van der Waals surface area contributed by atoms with Crippen molar-refractivity contribution in [1.82, 2.24) is 14.8 Å². The van der Waals surface area contributed by atoms with Crippen molar-refractivity contribution in [3.05, 3.63) is 40.9 Å². The molecule has 0 bridgehead atoms. The van der Waals surface area contributed by atoms with Crippen molar-refractivity contribution in [1.29, 1.82) is 5.26 Å². The van der Waals surface area contributed by atoms with E-state index in [0.717, 1.165) is 5.69 Å². The van der Waals surface area contributed by atoms with Gasteiger partial charge in [0.15, 0.2) is 5.15 Å². The number of nitrogens with zero attached hydrogens (tertiary/aromatic N) is 4. The first-order chi connectivity index (χ1) is 8.45. The highest BCUT2D eigenvalue weighted by atomic mass is 35.5. The van der Waals surface area contributed by atoms with Crippen LogP contribution in [0.3, 0.4) is 0 Å². The van der Waals surface area contributed by atoms with E-state index < -0.39 is 0 Å². The molecule has 0 saturated carbocycles. The first-order valence-corrected chi connectivity index (χ1v) is 5.92. The summed E-state index contributed by atoms with van der Waals surface area (Å²) >= 11 is 6.23. The second-order valence-corrected chi connectivity index (χ2v) is 5.35. The summed E-state index contributed by atoms with van der Waals surface area (Å²) in [5.74, 6) is 0. The number of hydrogen-bond donors (Lipinski definition) is 0. The van der Waals surface area contributed by atoms with Gasteiger partial charge in [0.05, 0.1) is 11.4 Å². The van der Waals surface area contributed by atoms with E-state index in [0.29, 0.717) is 16.4 Å². The van der Waals surface area contributed by atoms with Crippen LogP contribution in [0.5, 0.6) is 0 Å². The van der Waals surface area contributed by atoms with Crippen LogP contribution in [0.15, 0.2) is 24.5 Å². The molecule has 0 amide bonds. The van der Waals surface area contributed by atoms with Crippen molar-refractivity contribution >= 4 is 11.6 Å². The van der Waals surface area contributed by atoms with E-state index in [9.17, 15) is 5.26 Å². The lowest BCUT2D eigenvalue weighted by Crippen LogP contribution is -2.14. The SMILES string of the molecule is CC(C)(C)c1nn(-c2ccncc2)c(Cl)c1C#N. The molecule has 0 aliphatic rings. The first kappa shape index (κ1) is 12.6. The highest BCUT2D eigenvalue weighted by molar-refractivity contribution is 6.31. The zero-order valence-corrected chi connectivity index (χ0v) is 11.2. The van der Waals surface area contributed by atoms with E-state index in [1.165, 1.54) is 0 Å². The zero-order valence-electron chi connectivity index (χ0n) is 10.5. The average molecular weight is 261 g/mol. The fraction of sp³-hybridized carbons (Fsp3) is 0.308. The first-order valence-electron chi connectivity index (χ1n) is 5.54. The highest BCUT2D eigenvalue weighted by Gasteiger charge is 2.26. The quantitative estimate of drug-likeness (QED) is 0.792. The van der Waals surface area contributed by atoms with Crippen LogP contribution in [0, 0.1) is 11.3 Å². The summed E-state index contributed by atoms with van der Waals surface area (Å²) in [5.41, 5.74) is 1.70. The van der Waals surface area contributed by atoms with Crippen molar-refractivity contribution in [2.24, 2.45) is 0 Å². The molecule has 0 radical (unpaired) electrons. The molecule has 2 aromatic heterocycles. The molecule has 0 saturated heterocycles. The number of aromatic nitrogens is 3. The molecule has 2 aromatic rings. The summed E-state index contributed by atoms with van der Waals surface area (Å²) in [4.78, 5) is 3.95. The summed E-state index contributed by atoms with van der Waals surface area (Å²) in [6.45, 7) is 6.01.